The molecule has 4 aromatic rings. The molecule has 6 nitrogen and oxygen atoms in total. The molecular weight excluding hydrogens is 445 g/mol. The van der Waals surface area contributed by atoms with E-state index in [2.05, 4.69) is 15.0 Å². The number of esters is 1. The summed E-state index contributed by atoms with van der Waals surface area (Å²) in [6, 6.07) is 10.8. The van der Waals surface area contributed by atoms with Gasteiger partial charge in [-0.2, -0.15) is 13.2 Å². The summed E-state index contributed by atoms with van der Waals surface area (Å²) < 4.78 is 43.2. The molecule has 0 saturated carbocycles. The van der Waals surface area contributed by atoms with Crippen LogP contribution in [0.2, 0.25) is 0 Å². The van der Waals surface area contributed by atoms with Crippen LogP contribution in [0.4, 0.5) is 18.9 Å². The number of nitrogens with zero attached hydrogens (tertiary/aromatic N) is 3. The number of H-pyrrole nitrogens is 1. The lowest BCUT2D eigenvalue weighted by atomic mass is 10.1. The van der Waals surface area contributed by atoms with Gasteiger partial charge in [0.1, 0.15) is 0 Å². The van der Waals surface area contributed by atoms with Gasteiger partial charge in [0.15, 0.2) is 5.82 Å². The fraction of sp³-hybridized carbons (Fsp3) is 0.240. The van der Waals surface area contributed by atoms with E-state index in [9.17, 15) is 18.0 Å². The van der Waals surface area contributed by atoms with Crippen LogP contribution in [0.1, 0.15) is 22.4 Å². The Hall–Kier alpha value is -3.88. The number of methoxy groups -OCH3 is 1. The van der Waals surface area contributed by atoms with E-state index >= 15 is 0 Å². The molecule has 0 spiro atoms. The number of fused-ring (bicyclic) bond motifs is 1. The highest BCUT2D eigenvalue weighted by atomic mass is 19.4. The summed E-state index contributed by atoms with van der Waals surface area (Å²) >= 11 is 0. The Bertz CT molecular complexity index is 1330. The molecule has 2 heterocycles. The number of hydrogen-bond acceptors (Lipinski definition) is 5. The lowest BCUT2D eigenvalue weighted by Gasteiger charge is -2.20. The second-order valence-corrected chi connectivity index (χ2v) is 8.03. The van der Waals surface area contributed by atoms with Gasteiger partial charge in [0.05, 0.1) is 19.1 Å². The van der Waals surface area contributed by atoms with Gasteiger partial charge in [0.2, 0.25) is 0 Å². The molecule has 0 aliphatic heterocycles. The van der Waals surface area contributed by atoms with Crippen molar-refractivity contribution in [3.63, 3.8) is 0 Å². The zero-order chi connectivity index (χ0) is 24.5. The Kier molecular flexibility index (Phi) is 6.28. The van der Waals surface area contributed by atoms with Gasteiger partial charge >= 0.3 is 12.1 Å². The largest absolute Gasteiger partial charge is 0.469 e. The second kappa shape index (κ2) is 9.17. The predicted molar refractivity (Wildman–Crippen MR) is 123 cm³/mol. The molecule has 0 aliphatic rings. The summed E-state index contributed by atoms with van der Waals surface area (Å²) in [7, 11) is 3.31. The minimum absolute atomic E-state index is 0.183. The molecule has 4 rings (SSSR count). The average molecular weight is 468 g/mol. The number of nitrogens with one attached hydrogen (secondary N) is 1. The van der Waals surface area contributed by atoms with E-state index in [1.807, 2.05) is 43.3 Å². The van der Waals surface area contributed by atoms with Crippen molar-refractivity contribution in [2.24, 2.45) is 0 Å². The average Bonchev–Trinajstić information content (AvgIpc) is 3.21. The summed E-state index contributed by atoms with van der Waals surface area (Å²) in [5, 5.41) is 0.945. The van der Waals surface area contributed by atoms with Crippen molar-refractivity contribution >= 4 is 22.6 Å². The molecule has 9 heteroatoms. The zero-order valence-electron chi connectivity index (χ0n) is 18.9. The number of carbonyl (C=O) groups excluding carboxylic acids is 1. The molecular formula is C25H23F3N4O2. The molecule has 0 radical (unpaired) electrons. The Morgan fingerprint density at radius 3 is 2.50 bits per heavy atom. The Balaban J connectivity index is 1.53. The molecule has 0 unspecified atom stereocenters. The standard InChI is InChI=1S/C25H23F3N4O2/c1-15-18(13-30-24(31-15)16-4-6-19(7-5-16)25(26,27)28)14-32(2)20-8-9-22-21(11-20)17(12-29-22)10-23(33)34-3/h4-9,11-13,29H,10,14H2,1-3H3. The topological polar surface area (TPSA) is 71.1 Å². The number of carbonyl (C=O) groups is 1. The molecule has 0 atom stereocenters. The molecule has 0 saturated heterocycles. The number of alkyl halides is 3. The summed E-state index contributed by atoms with van der Waals surface area (Å²) in [4.78, 5) is 25.8. The van der Waals surface area contributed by atoms with Crippen molar-refractivity contribution in [2.75, 3.05) is 19.1 Å². The van der Waals surface area contributed by atoms with E-state index < -0.39 is 11.7 Å². The number of aromatic nitrogens is 3. The minimum atomic E-state index is -4.38. The quantitative estimate of drug-likeness (QED) is 0.389. The van der Waals surface area contributed by atoms with E-state index in [-0.39, 0.29) is 12.4 Å². The number of rotatable bonds is 6. The number of anilines is 1. The number of halogens is 3. The van der Waals surface area contributed by atoms with Crippen molar-refractivity contribution < 1.29 is 22.7 Å². The van der Waals surface area contributed by atoms with E-state index in [0.29, 0.717) is 17.9 Å². The summed E-state index contributed by atoms with van der Waals surface area (Å²) in [5.74, 6) is 0.0689. The van der Waals surface area contributed by atoms with Crippen molar-refractivity contribution in [3.05, 3.63) is 77.2 Å². The van der Waals surface area contributed by atoms with Crippen LogP contribution in [0.25, 0.3) is 22.3 Å². The predicted octanol–water partition coefficient (Wildman–Crippen LogP) is 5.30. The lowest BCUT2D eigenvalue weighted by Crippen LogP contribution is -2.17. The van der Waals surface area contributed by atoms with Crippen molar-refractivity contribution in [2.45, 2.75) is 26.1 Å². The third-order valence-corrected chi connectivity index (χ3v) is 5.71. The first-order chi connectivity index (χ1) is 16.2. The van der Waals surface area contributed by atoms with Crippen LogP contribution >= 0.6 is 0 Å². The Morgan fingerprint density at radius 2 is 1.85 bits per heavy atom. The van der Waals surface area contributed by atoms with Crippen LogP contribution in [0.15, 0.2) is 54.9 Å². The van der Waals surface area contributed by atoms with Crippen LogP contribution in [0, 0.1) is 6.92 Å². The third kappa shape index (κ3) is 4.88. The van der Waals surface area contributed by atoms with Crippen LogP contribution < -0.4 is 4.90 Å². The maximum atomic E-state index is 12.8. The number of aryl methyl sites for hydroxylation is 1. The molecule has 0 fully saturated rings. The minimum Gasteiger partial charge on any atom is -0.469 e. The third-order valence-electron chi connectivity index (χ3n) is 5.71. The SMILES string of the molecule is COC(=O)Cc1c[nH]c2ccc(N(C)Cc3cnc(-c4ccc(C(F)(F)F)cc4)nc3C)cc12. The molecule has 2 aromatic carbocycles. The van der Waals surface area contributed by atoms with Crippen LogP contribution in [0.5, 0.6) is 0 Å². The number of benzene rings is 2. The van der Waals surface area contributed by atoms with Crippen molar-refractivity contribution in [3.8, 4) is 11.4 Å². The van der Waals surface area contributed by atoms with Gasteiger partial charge in [-0.05, 0) is 42.8 Å². The van der Waals surface area contributed by atoms with Gasteiger partial charge in [0.25, 0.3) is 0 Å². The maximum Gasteiger partial charge on any atom is 0.416 e. The van der Waals surface area contributed by atoms with Crippen LogP contribution in [0.3, 0.4) is 0 Å². The Labute approximate surface area is 194 Å². The van der Waals surface area contributed by atoms with Gasteiger partial charge < -0.3 is 14.6 Å². The van der Waals surface area contributed by atoms with Gasteiger partial charge in [-0.25, -0.2) is 9.97 Å². The fourth-order valence-corrected chi connectivity index (χ4v) is 3.72. The number of ether oxygens (including phenoxy) is 1. The van der Waals surface area contributed by atoms with E-state index in [0.717, 1.165) is 45.5 Å². The maximum absolute atomic E-state index is 12.8. The number of aromatic amines is 1. The molecule has 0 amide bonds. The molecule has 176 valence electrons. The first kappa shape index (κ1) is 23.3. The molecule has 0 bridgehead atoms. The van der Waals surface area contributed by atoms with E-state index in [1.54, 1.807) is 6.20 Å². The smallest absolute Gasteiger partial charge is 0.416 e. The van der Waals surface area contributed by atoms with Gasteiger partial charge in [-0.3, -0.25) is 4.79 Å². The highest BCUT2D eigenvalue weighted by molar-refractivity contribution is 5.89. The first-order valence-electron chi connectivity index (χ1n) is 10.5. The normalized spacial score (nSPS) is 11.6. The first-order valence-corrected chi connectivity index (χ1v) is 10.5. The van der Waals surface area contributed by atoms with Crippen LogP contribution in [-0.4, -0.2) is 35.1 Å². The van der Waals surface area contributed by atoms with Crippen molar-refractivity contribution in [1.29, 1.82) is 0 Å². The second-order valence-electron chi connectivity index (χ2n) is 8.03. The number of hydrogen-bond donors (Lipinski definition) is 1. The van der Waals surface area contributed by atoms with Gasteiger partial charge in [-0.15, -0.1) is 0 Å². The molecule has 2 aromatic heterocycles. The lowest BCUT2D eigenvalue weighted by molar-refractivity contribution is -0.140. The highest BCUT2D eigenvalue weighted by Gasteiger charge is 2.30. The van der Waals surface area contributed by atoms with E-state index in [4.69, 9.17) is 4.74 Å². The summed E-state index contributed by atoms with van der Waals surface area (Å²) in [6.07, 6.45) is -0.693. The fourth-order valence-electron chi connectivity index (χ4n) is 3.72. The molecule has 34 heavy (non-hydrogen) atoms. The summed E-state index contributed by atoms with van der Waals surface area (Å²) in [6.45, 7) is 2.38. The molecule has 0 aliphatic carbocycles. The highest BCUT2D eigenvalue weighted by Crippen LogP contribution is 2.31. The van der Waals surface area contributed by atoms with Gasteiger partial charge in [0, 0.05) is 59.4 Å². The molecule has 1 N–H and O–H groups in total. The Morgan fingerprint density at radius 1 is 1.12 bits per heavy atom. The van der Waals surface area contributed by atoms with Crippen LogP contribution in [-0.2, 0) is 28.7 Å². The monoisotopic (exact) mass is 468 g/mol. The van der Waals surface area contributed by atoms with Gasteiger partial charge in [-0.1, -0.05) is 12.1 Å². The summed E-state index contributed by atoms with van der Waals surface area (Å²) in [5.41, 5.74) is 4.18. The van der Waals surface area contributed by atoms with E-state index in [1.165, 1.54) is 19.2 Å². The zero-order valence-corrected chi connectivity index (χ0v) is 18.9. The van der Waals surface area contributed by atoms with Crippen molar-refractivity contribution in [1.82, 2.24) is 15.0 Å².